The normalized spacial score (nSPS) is 47.7. The summed E-state index contributed by atoms with van der Waals surface area (Å²) in [5.41, 5.74) is 5.51. The molecular formula is C8H15NO2. The summed E-state index contributed by atoms with van der Waals surface area (Å²) >= 11 is 0. The van der Waals surface area contributed by atoms with Crippen LogP contribution in [0.15, 0.2) is 0 Å². The van der Waals surface area contributed by atoms with E-state index in [1.54, 1.807) is 0 Å². The van der Waals surface area contributed by atoms with Crippen molar-refractivity contribution < 1.29 is 9.47 Å². The van der Waals surface area contributed by atoms with Crippen molar-refractivity contribution in [3.8, 4) is 0 Å². The van der Waals surface area contributed by atoms with Crippen molar-refractivity contribution in [2.45, 2.75) is 50.7 Å². The summed E-state index contributed by atoms with van der Waals surface area (Å²) in [6.07, 6.45) is 3.22. The number of hydrogen-bond acceptors (Lipinski definition) is 3. The van der Waals surface area contributed by atoms with Gasteiger partial charge in [0.2, 0.25) is 0 Å². The molecule has 1 heterocycles. The van der Waals surface area contributed by atoms with Crippen molar-refractivity contribution in [3.63, 3.8) is 0 Å². The lowest BCUT2D eigenvalue weighted by Crippen LogP contribution is -2.45. The molecule has 0 aromatic heterocycles. The molecule has 0 radical (unpaired) electrons. The SMILES string of the molecule is CC1(C)O[C@H]2CCC[C@@]2(N)O1. The second-order valence-electron chi connectivity index (χ2n) is 3.96. The Bertz CT molecular complexity index is 181. The van der Waals surface area contributed by atoms with Crippen molar-refractivity contribution >= 4 is 0 Å². The van der Waals surface area contributed by atoms with E-state index in [1.165, 1.54) is 0 Å². The van der Waals surface area contributed by atoms with E-state index in [0.29, 0.717) is 0 Å². The Morgan fingerprint density at radius 1 is 1.45 bits per heavy atom. The molecule has 0 spiro atoms. The van der Waals surface area contributed by atoms with Gasteiger partial charge in [0.05, 0.1) is 0 Å². The molecule has 2 atom stereocenters. The van der Waals surface area contributed by atoms with Crippen molar-refractivity contribution in [2.24, 2.45) is 5.73 Å². The van der Waals surface area contributed by atoms with Gasteiger partial charge in [-0.05, 0) is 33.1 Å². The van der Waals surface area contributed by atoms with Crippen LogP contribution in [-0.4, -0.2) is 17.6 Å². The zero-order valence-electron chi connectivity index (χ0n) is 7.09. The first-order valence-corrected chi connectivity index (χ1v) is 4.19. The van der Waals surface area contributed by atoms with Gasteiger partial charge in [-0.15, -0.1) is 0 Å². The predicted molar refractivity (Wildman–Crippen MR) is 40.8 cm³/mol. The van der Waals surface area contributed by atoms with Crippen LogP contribution in [0.2, 0.25) is 0 Å². The Morgan fingerprint density at radius 2 is 2.18 bits per heavy atom. The number of nitrogens with two attached hydrogens (primary N) is 1. The van der Waals surface area contributed by atoms with E-state index in [9.17, 15) is 0 Å². The van der Waals surface area contributed by atoms with Crippen LogP contribution in [0.5, 0.6) is 0 Å². The first-order valence-electron chi connectivity index (χ1n) is 4.19. The molecule has 3 nitrogen and oxygen atoms in total. The lowest BCUT2D eigenvalue weighted by atomic mass is 10.2. The third kappa shape index (κ3) is 1.08. The molecule has 0 unspecified atom stereocenters. The number of ether oxygens (including phenoxy) is 2. The zero-order chi connectivity index (χ0) is 8.11. The van der Waals surface area contributed by atoms with Crippen molar-refractivity contribution in [1.29, 1.82) is 0 Å². The highest BCUT2D eigenvalue weighted by Crippen LogP contribution is 2.42. The van der Waals surface area contributed by atoms with Crippen LogP contribution in [0.25, 0.3) is 0 Å². The minimum atomic E-state index is -0.483. The summed E-state index contributed by atoms with van der Waals surface area (Å²) in [6, 6.07) is 0. The molecule has 1 saturated carbocycles. The smallest absolute Gasteiger partial charge is 0.165 e. The van der Waals surface area contributed by atoms with Gasteiger partial charge in [-0.1, -0.05) is 0 Å². The molecule has 2 fully saturated rings. The Balaban J connectivity index is 2.19. The number of hydrogen-bond donors (Lipinski definition) is 1. The lowest BCUT2D eigenvalue weighted by molar-refractivity contribution is -0.167. The zero-order valence-corrected chi connectivity index (χ0v) is 7.09. The standard InChI is InChI=1S/C8H15NO2/c1-7(2)10-6-4-3-5-8(6,9)11-7/h6H,3-5,9H2,1-2H3/t6-,8+/m0/s1. The van der Waals surface area contributed by atoms with E-state index in [1.807, 2.05) is 13.8 Å². The van der Waals surface area contributed by atoms with Crippen LogP contribution in [0.1, 0.15) is 33.1 Å². The molecule has 0 aromatic carbocycles. The average molecular weight is 157 g/mol. The lowest BCUT2D eigenvalue weighted by Gasteiger charge is -2.22. The highest BCUT2D eigenvalue weighted by molar-refractivity contribution is 4.96. The fourth-order valence-electron chi connectivity index (χ4n) is 2.07. The molecule has 0 bridgehead atoms. The Kier molecular flexibility index (Phi) is 1.35. The largest absolute Gasteiger partial charge is 0.343 e. The Hall–Kier alpha value is -0.120. The van der Waals surface area contributed by atoms with E-state index in [0.717, 1.165) is 19.3 Å². The van der Waals surface area contributed by atoms with Crippen LogP contribution >= 0.6 is 0 Å². The van der Waals surface area contributed by atoms with Crippen LogP contribution in [0, 0.1) is 0 Å². The first kappa shape index (κ1) is 7.53. The van der Waals surface area contributed by atoms with Gasteiger partial charge in [-0.3, -0.25) is 0 Å². The molecule has 1 aliphatic heterocycles. The fraction of sp³-hybridized carbons (Fsp3) is 1.00. The van der Waals surface area contributed by atoms with Crippen LogP contribution in [0.4, 0.5) is 0 Å². The first-order chi connectivity index (χ1) is 5.02. The van der Waals surface area contributed by atoms with Gasteiger partial charge < -0.3 is 15.2 Å². The number of rotatable bonds is 0. The Labute approximate surface area is 66.8 Å². The summed E-state index contributed by atoms with van der Waals surface area (Å²) in [5.74, 6) is -0.472. The van der Waals surface area contributed by atoms with Crippen LogP contribution in [0.3, 0.4) is 0 Å². The molecule has 2 N–H and O–H groups in total. The van der Waals surface area contributed by atoms with Gasteiger partial charge in [0, 0.05) is 0 Å². The highest BCUT2D eigenvalue weighted by atomic mass is 16.8. The molecule has 0 aromatic rings. The fourth-order valence-corrected chi connectivity index (χ4v) is 2.07. The van der Waals surface area contributed by atoms with Crippen molar-refractivity contribution in [2.75, 3.05) is 0 Å². The molecule has 2 rings (SSSR count). The molecule has 2 aliphatic rings. The molecule has 64 valence electrons. The topological polar surface area (TPSA) is 44.5 Å². The van der Waals surface area contributed by atoms with Gasteiger partial charge in [-0.2, -0.15) is 0 Å². The maximum Gasteiger partial charge on any atom is 0.165 e. The maximum absolute atomic E-state index is 5.99. The van der Waals surface area contributed by atoms with Crippen molar-refractivity contribution in [3.05, 3.63) is 0 Å². The third-order valence-electron chi connectivity index (χ3n) is 2.44. The molecule has 3 heteroatoms. The summed E-state index contributed by atoms with van der Waals surface area (Å²) < 4.78 is 11.2. The second-order valence-corrected chi connectivity index (χ2v) is 3.96. The third-order valence-corrected chi connectivity index (χ3v) is 2.44. The van der Waals surface area contributed by atoms with E-state index >= 15 is 0 Å². The summed E-state index contributed by atoms with van der Waals surface area (Å²) in [4.78, 5) is 0. The molecular weight excluding hydrogens is 142 g/mol. The van der Waals surface area contributed by atoms with Gasteiger partial charge in [0.15, 0.2) is 5.79 Å². The van der Waals surface area contributed by atoms with E-state index in [-0.39, 0.29) is 6.10 Å². The second kappa shape index (κ2) is 1.97. The number of fused-ring (bicyclic) bond motifs is 1. The Morgan fingerprint density at radius 3 is 2.82 bits per heavy atom. The summed E-state index contributed by atoms with van der Waals surface area (Å²) in [5, 5.41) is 0. The van der Waals surface area contributed by atoms with Gasteiger partial charge in [0.1, 0.15) is 11.8 Å². The van der Waals surface area contributed by atoms with E-state index in [4.69, 9.17) is 15.2 Å². The average Bonchev–Trinajstić information content (AvgIpc) is 2.16. The van der Waals surface area contributed by atoms with Crippen molar-refractivity contribution in [1.82, 2.24) is 0 Å². The van der Waals surface area contributed by atoms with Gasteiger partial charge >= 0.3 is 0 Å². The molecule has 1 saturated heterocycles. The molecule has 11 heavy (non-hydrogen) atoms. The summed E-state index contributed by atoms with van der Waals surface area (Å²) in [7, 11) is 0. The van der Waals surface area contributed by atoms with Crippen LogP contribution < -0.4 is 5.73 Å². The molecule has 1 aliphatic carbocycles. The van der Waals surface area contributed by atoms with E-state index in [2.05, 4.69) is 0 Å². The minimum absolute atomic E-state index is 0.123. The van der Waals surface area contributed by atoms with E-state index < -0.39 is 11.5 Å². The summed E-state index contributed by atoms with van der Waals surface area (Å²) in [6.45, 7) is 3.83. The quantitative estimate of drug-likeness (QED) is 0.570. The highest BCUT2D eigenvalue weighted by Gasteiger charge is 2.53. The van der Waals surface area contributed by atoms with Crippen LogP contribution in [-0.2, 0) is 9.47 Å². The maximum atomic E-state index is 5.99. The van der Waals surface area contributed by atoms with Gasteiger partial charge in [0.25, 0.3) is 0 Å². The van der Waals surface area contributed by atoms with Gasteiger partial charge in [-0.25, -0.2) is 0 Å². The monoisotopic (exact) mass is 157 g/mol. The predicted octanol–water partition coefficient (Wildman–Crippen LogP) is 0.977. The molecule has 0 amide bonds. The minimum Gasteiger partial charge on any atom is -0.343 e.